The number of hydrogen-bond donors (Lipinski definition) is 0. The van der Waals surface area contributed by atoms with Crippen LogP contribution in [0, 0.1) is 13.8 Å². The Morgan fingerprint density at radius 2 is 2.03 bits per heavy atom. The Morgan fingerprint density at radius 1 is 1.18 bits per heavy atom. The highest BCUT2D eigenvalue weighted by Gasteiger charge is 2.25. The number of anilines is 2. The van der Waals surface area contributed by atoms with Crippen molar-refractivity contribution in [2.45, 2.75) is 46.1 Å². The molecule has 2 aromatic carbocycles. The largest absolute Gasteiger partial charge is 0.297 e. The number of carbonyl (C=O) groups is 1. The number of aryl methyl sites for hydroxylation is 2. The maximum absolute atomic E-state index is 12.5. The number of fused-ring (bicyclic) bond motifs is 1. The summed E-state index contributed by atoms with van der Waals surface area (Å²) in [5.41, 5.74) is 5.30. The lowest BCUT2D eigenvalue weighted by molar-refractivity contribution is -0.115. The Bertz CT molecular complexity index is 1260. The number of carbonyl (C=O) groups excluding carboxylic acids is 1. The van der Waals surface area contributed by atoms with E-state index in [-0.39, 0.29) is 5.91 Å². The van der Waals surface area contributed by atoms with E-state index in [2.05, 4.69) is 47.5 Å². The fourth-order valence-electron chi connectivity index (χ4n) is 4.63. The minimum absolute atomic E-state index is 0.0169. The average molecular weight is 477 g/mol. The van der Waals surface area contributed by atoms with Gasteiger partial charge in [0.05, 0.1) is 26.6 Å². The number of likely N-dealkylation sites (tertiary alicyclic amines) is 1. The SMILES string of the molecule is CC(=O)N(c1nc(CN2CCC[C@@H](c3nc4ccccc4s3)C2)cs1)c1ccc(C)cc1C. The maximum Gasteiger partial charge on any atom is 0.230 e. The molecule has 3 heterocycles. The molecule has 1 amide bonds. The van der Waals surface area contributed by atoms with E-state index >= 15 is 0 Å². The van der Waals surface area contributed by atoms with Crippen LogP contribution in [-0.2, 0) is 11.3 Å². The van der Waals surface area contributed by atoms with Crippen LogP contribution in [0.2, 0.25) is 0 Å². The van der Waals surface area contributed by atoms with Crippen LogP contribution in [0.5, 0.6) is 0 Å². The van der Waals surface area contributed by atoms with Gasteiger partial charge in [0.2, 0.25) is 5.91 Å². The lowest BCUT2D eigenvalue weighted by Gasteiger charge is -2.31. The van der Waals surface area contributed by atoms with Crippen LogP contribution < -0.4 is 4.90 Å². The summed E-state index contributed by atoms with van der Waals surface area (Å²) in [7, 11) is 0. The van der Waals surface area contributed by atoms with E-state index in [4.69, 9.17) is 9.97 Å². The Labute approximate surface area is 202 Å². The second-order valence-corrected chi connectivity index (χ2v) is 10.8. The Morgan fingerprint density at radius 3 is 2.82 bits per heavy atom. The first-order valence-corrected chi connectivity index (χ1v) is 13.1. The molecular weight excluding hydrogens is 448 g/mol. The van der Waals surface area contributed by atoms with E-state index in [9.17, 15) is 4.79 Å². The number of benzene rings is 2. The second-order valence-electron chi connectivity index (χ2n) is 8.86. The first-order valence-electron chi connectivity index (χ1n) is 11.4. The Hall–Kier alpha value is -2.61. The normalized spacial score (nSPS) is 16.9. The molecule has 0 saturated carbocycles. The number of rotatable bonds is 5. The summed E-state index contributed by atoms with van der Waals surface area (Å²) >= 11 is 3.37. The van der Waals surface area contributed by atoms with E-state index in [1.807, 2.05) is 30.4 Å². The van der Waals surface area contributed by atoms with Gasteiger partial charge in [0.25, 0.3) is 0 Å². The summed E-state index contributed by atoms with van der Waals surface area (Å²) in [4.78, 5) is 26.5. The van der Waals surface area contributed by atoms with Gasteiger partial charge in [0, 0.05) is 31.3 Å². The molecule has 0 N–H and O–H groups in total. The van der Waals surface area contributed by atoms with Gasteiger partial charge in [-0.05, 0) is 57.0 Å². The summed E-state index contributed by atoms with van der Waals surface area (Å²) in [5.74, 6) is 0.454. The summed E-state index contributed by atoms with van der Waals surface area (Å²) < 4.78 is 1.27. The van der Waals surface area contributed by atoms with Gasteiger partial charge in [-0.15, -0.1) is 22.7 Å². The smallest absolute Gasteiger partial charge is 0.230 e. The molecule has 0 unspecified atom stereocenters. The fourth-order valence-corrected chi connectivity index (χ4v) is 6.59. The van der Waals surface area contributed by atoms with E-state index in [0.717, 1.165) is 47.2 Å². The molecule has 5 rings (SSSR count). The van der Waals surface area contributed by atoms with E-state index in [0.29, 0.717) is 5.92 Å². The van der Waals surface area contributed by atoms with Crippen molar-refractivity contribution in [1.29, 1.82) is 0 Å². The molecule has 1 saturated heterocycles. The van der Waals surface area contributed by atoms with Gasteiger partial charge in [0.1, 0.15) is 0 Å². The Kier molecular flexibility index (Phi) is 6.27. The zero-order chi connectivity index (χ0) is 22.9. The maximum atomic E-state index is 12.5. The van der Waals surface area contributed by atoms with Crippen molar-refractivity contribution in [3.8, 4) is 0 Å². The highest BCUT2D eigenvalue weighted by Crippen LogP contribution is 2.35. The van der Waals surface area contributed by atoms with E-state index in [1.54, 1.807) is 11.8 Å². The van der Waals surface area contributed by atoms with Crippen LogP contribution >= 0.6 is 22.7 Å². The zero-order valence-corrected chi connectivity index (χ0v) is 20.9. The van der Waals surface area contributed by atoms with Crippen LogP contribution in [0.3, 0.4) is 0 Å². The highest BCUT2D eigenvalue weighted by atomic mass is 32.1. The molecule has 0 bridgehead atoms. The topological polar surface area (TPSA) is 49.3 Å². The van der Waals surface area contributed by atoms with Crippen molar-refractivity contribution in [1.82, 2.24) is 14.9 Å². The average Bonchev–Trinajstić information content (AvgIpc) is 3.42. The lowest BCUT2D eigenvalue weighted by Crippen LogP contribution is -2.34. The van der Waals surface area contributed by atoms with Gasteiger partial charge < -0.3 is 0 Å². The third-order valence-electron chi connectivity index (χ3n) is 6.19. The molecule has 0 aliphatic carbocycles. The van der Waals surface area contributed by atoms with Crippen LogP contribution in [0.1, 0.15) is 47.5 Å². The number of amides is 1. The van der Waals surface area contributed by atoms with Gasteiger partial charge in [-0.3, -0.25) is 14.6 Å². The van der Waals surface area contributed by atoms with Crippen molar-refractivity contribution in [3.63, 3.8) is 0 Å². The molecule has 4 aromatic rings. The van der Waals surface area contributed by atoms with Crippen molar-refractivity contribution in [2.75, 3.05) is 18.0 Å². The summed E-state index contributed by atoms with van der Waals surface area (Å²) in [5, 5.41) is 4.08. The monoisotopic (exact) mass is 476 g/mol. The van der Waals surface area contributed by atoms with Gasteiger partial charge in [0.15, 0.2) is 5.13 Å². The first kappa shape index (κ1) is 22.2. The molecule has 0 radical (unpaired) electrons. The molecule has 5 nitrogen and oxygen atoms in total. The predicted molar refractivity (Wildman–Crippen MR) is 138 cm³/mol. The molecule has 7 heteroatoms. The Balaban J connectivity index is 1.32. The molecule has 1 fully saturated rings. The fraction of sp³-hybridized carbons (Fsp3) is 0.346. The second kappa shape index (κ2) is 9.33. The van der Waals surface area contributed by atoms with E-state index < -0.39 is 0 Å². The molecule has 170 valence electrons. The number of thiazole rings is 2. The number of aromatic nitrogens is 2. The van der Waals surface area contributed by atoms with Crippen molar-refractivity contribution in [3.05, 3.63) is 69.7 Å². The van der Waals surface area contributed by atoms with Crippen molar-refractivity contribution in [2.24, 2.45) is 0 Å². The quantitative estimate of drug-likeness (QED) is 0.333. The summed E-state index contributed by atoms with van der Waals surface area (Å²) in [6.07, 6.45) is 2.35. The van der Waals surface area contributed by atoms with Crippen molar-refractivity contribution >= 4 is 49.6 Å². The molecule has 1 atom stereocenters. The minimum Gasteiger partial charge on any atom is -0.297 e. The summed E-state index contributed by atoms with van der Waals surface area (Å²) in [6, 6.07) is 14.6. The lowest BCUT2D eigenvalue weighted by atomic mass is 9.98. The zero-order valence-electron chi connectivity index (χ0n) is 19.2. The van der Waals surface area contributed by atoms with E-state index in [1.165, 1.54) is 39.4 Å². The minimum atomic E-state index is -0.0169. The molecule has 1 aliphatic rings. The van der Waals surface area contributed by atoms with Crippen molar-refractivity contribution < 1.29 is 4.79 Å². The molecule has 1 aliphatic heterocycles. The van der Waals surface area contributed by atoms with Gasteiger partial charge >= 0.3 is 0 Å². The van der Waals surface area contributed by atoms with Gasteiger partial charge in [-0.25, -0.2) is 9.97 Å². The molecule has 33 heavy (non-hydrogen) atoms. The molecule has 0 spiro atoms. The van der Waals surface area contributed by atoms with Crippen LogP contribution in [0.25, 0.3) is 10.2 Å². The highest BCUT2D eigenvalue weighted by molar-refractivity contribution is 7.18. The number of piperidine rings is 1. The van der Waals surface area contributed by atoms with Gasteiger partial charge in [-0.1, -0.05) is 29.8 Å². The first-order chi connectivity index (χ1) is 16.0. The standard InChI is InChI=1S/C26H28N4OS2/c1-17-10-11-23(18(2)13-17)30(19(3)31)26-27-21(16-32-26)15-29-12-6-7-20(14-29)25-28-22-8-4-5-9-24(22)33-25/h4-5,8-11,13,16,20H,6-7,12,14-15H2,1-3H3/t20-/m1/s1. The van der Waals surface area contributed by atoms with Crippen LogP contribution in [0.15, 0.2) is 47.8 Å². The number of nitrogens with zero attached hydrogens (tertiary/aromatic N) is 4. The van der Waals surface area contributed by atoms with Gasteiger partial charge in [-0.2, -0.15) is 0 Å². The van der Waals surface area contributed by atoms with Crippen LogP contribution in [-0.4, -0.2) is 33.9 Å². The summed E-state index contributed by atoms with van der Waals surface area (Å²) in [6.45, 7) is 8.59. The number of para-hydroxylation sites is 1. The molecular formula is C26H28N4OS2. The number of hydrogen-bond acceptors (Lipinski definition) is 6. The van der Waals surface area contributed by atoms with Crippen LogP contribution in [0.4, 0.5) is 10.8 Å². The molecule has 2 aromatic heterocycles. The predicted octanol–water partition coefficient (Wildman–Crippen LogP) is 6.43. The third-order valence-corrected chi connectivity index (χ3v) is 8.26. The third kappa shape index (κ3) is 4.71.